The molecule has 0 aromatic carbocycles. The van der Waals surface area contributed by atoms with Crippen molar-refractivity contribution < 1.29 is 4.79 Å². The fraction of sp³-hybridized carbons (Fsp3) is 0.615. The van der Waals surface area contributed by atoms with Gasteiger partial charge in [-0.1, -0.05) is 26.7 Å². The van der Waals surface area contributed by atoms with E-state index in [1.165, 1.54) is 17.8 Å². The molecule has 4 heteroatoms. The van der Waals surface area contributed by atoms with Crippen molar-refractivity contribution in [1.29, 1.82) is 0 Å². The van der Waals surface area contributed by atoms with Gasteiger partial charge in [-0.15, -0.1) is 11.3 Å². The van der Waals surface area contributed by atoms with Crippen LogP contribution in [-0.4, -0.2) is 11.9 Å². The maximum Gasteiger partial charge on any atom is 0.263 e. The van der Waals surface area contributed by atoms with Crippen molar-refractivity contribution in [2.45, 2.75) is 46.1 Å². The third kappa shape index (κ3) is 4.77. The molecule has 0 radical (unpaired) electrons. The largest absolute Gasteiger partial charge is 0.397 e. The summed E-state index contributed by atoms with van der Waals surface area (Å²) in [5, 5.41) is 4.83. The molecule has 3 nitrogen and oxygen atoms in total. The molecule has 17 heavy (non-hydrogen) atoms. The van der Waals surface area contributed by atoms with Gasteiger partial charge in [0.05, 0.1) is 5.69 Å². The Morgan fingerprint density at radius 2 is 2.12 bits per heavy atom. The third-order valence-corrected chi connectivity index (χ3v) is 3.63. The summed E-state index contributed by atoms with van der Waals surface area (Å²) in [4.78, 5) is 12.5. The predicted octanol–water partition coefficient (Wildman–Crippen LogP) is 3.27. The maximum atomic E-state index is 11.9. The van der Waals surface area contributed by atoms with Crippen molar-refractivity contribution in [2.24, 2.45) is 5.92 Å². The van der Waals surface area contributed by atoms with Crippen LogP contribution in [0.5, 0.6) is 0 Å². The number of thiophene rings is 1. The zero-order valence-corrected chi connectivity index (χ0v) is 11.6. The molecule has 1 heterocycles. The lowest BCUT2D eigenvalue weighted by Crippen LogP contribution is -2.32. The molecule has 0 saturated heterocycles. The van der Waals surface area contributed by atoms with Crippen molar-refractivity contribution in [1.82, 2.24) is 5.32 Å². The molecule has 1 atom stereocenters. The molecule has 1 amide bonds. The molecule has 0 spiro atoms. The van der Waals surface area contributed by atoms with Crippen molar-refractivity contribution >= 4 is 22.9 Å². The zero-order valence-electron chi connectivity index (χ0n) is 10.8. The number of hydrogen-bond donors (Lipinski definition) is 2. The van der Waals surface area contributed by atoms with Gasteiger partial charge in [0.2, 0.25) is 0 Å². The van der Waals surface area contributed by atoms with E-state index in [9.17, 15) is 4.79 Å². The lowest BCUT2D eigenvalue weighted by molar-refractivity contribution is 0.0942. The summed E-state index contributed by atoms with van der Waals surface area (Å²) in [6, 6.07) is 1.98. The van der Waals surface area contributed by atoms with Gasteiger partial charge in [0.1, 0.15) is 4.88 Å². The van der Waals surface area contributed by atoms with E-state index >= 15 is 0 Å². The minimum Gasteiger partial charge on any atom is -0.397 e. The van der Waals surface area contributed by atoms with Crippen LogP contribution in [0.2, 0.25) is 0 Å². The highest BCUT2D eigenvalue weighted by Gasteiger charge is 2.13. The lowest BCUT2D eigenvalue weighted by Gasteiger charge is -2.14. The topological polar surface area (TPSA) is 55.1 Å². The highest BCUT2D eigenvalue weighted by molar-refractivity contribution is 7.12. The molecule has 0 aliphatic heterocycles. The standard InChI is InChI=1S/C13H22N2OS/c1-9(2)5-4-6-10(3)15-13(16)12-11(14)7-8-17-12/h7-10H,4-6,14H2,1-3H3,(H,15,16). The second-order valence-electron chi connectivity index (χ2n) is 4.90. The van der Waals surface area contributed by atoms with Crippen molar-refractivity contribution in [3.05, 3.63) is 16.3 Å². The van der Waals surface area contributed by atoms with Crippen LogP contribution in [0, 0.1) is 5.92 Å². The molecular formula is C13H22N2OS. The van der Waals surface area contributed by atoms with Gasteiger partial charge in [0.25, 0.3) is 5.91 Å². The van der Waals surface area contributed by atoms with Gasteiger partial charge in [-0.3, -0.25) is 4.79 Å². The Hall–Kier alpha value is -1.03. The number of amides is 1. The first-order valence-corrected chi connectivity index (χ1v) is 7.02. The second kappa shape index (κ2) is 6.64. The highest BCUT2D eigenvalue weighted by atomic mass is 32.1. The Bertz CT molecular complexity index is 360. The SMILES string of the molecule is CC(C)CCCC(C)NC(=O)c1sccc1N. The molecule has 1 aromatic heterocycles. The van der Waals surface area contributed by atoms with Gasteiger partial charge in [-0.25, -0.2) is 0 Å². The van der Waals surface area contributed by atoms with Crippen LogP contribution in [0.4, 0.5) is 5.69 Å². The Morgan fingerprint density at radius 3 is 2.65 bits per heavy atom. The summed E-state index contributed by atoms with van der Waals surface area (Å²) in [6.45, 7) is 6.48. The minimum absolute atomic E-state index is 0.0467. The van der Waals surface area contributed by atoms with Gasteiger partial charge in [0, 0.05) is 6.04 Å². The van der Waals surface area contributed by atoms with Crippen LogP contribution in [0.1, 0.15) is 49.7 Å². The summed E-state index contributed by atoms with van der Waals surface area (Å²) in [5.41, 5.74) is 6.28. The van der Waals surface area contributed by atoms with Gasteiger partial charge in [-0.2, -0.15) is 0 Å². The third-order valence-electron chi connectivity index (χ3n) is 2.70. The molecular weight excluding hydrogens is 232 g/mol. The minimum atomic E-state index is -0.0467. The normalized spacial score (nSPS) is 12.7. The quantitative estimate of drug-likeness (QED) is 0.818. The summed E-state index contributed by atoms with van der Waals surface area (Å²) in [5.74, 6) is 0.681. The first-order valence-electron chi connectivity index (χ1n) is 6.14. The number of anilines is 1. The number of carbonyl (C=O) groups is 1. The van der Waals surface area contributed by atoms with E-state index in [1.807, 2.05) is 12.3 Å². The fourth-order valence-corrected chi connectivity index (χ4v) is 2.42. The van der Waals surface area contributed by atoms with Gasteiger partial charge < -0.3 is 11.1 Å². The number of carbonyl (C=O) groups excluding carboxylic acids is 1. The van der Waals surface area contributed by atoms with E-state index in [-0.39, 0.29) is 11.9 Å². The van der Waals surface area contributed by atoms with Crippen LogP contribution in [0.3, 0.4) is 0 Å². The number of nitrogen functional groups attached to an aromatic ring is 1. The maximum absolute atomic E-state index is 11.9. The fourth-order valence-electron chi connectivity index (χ4n) is 1.70. The van der Waals surface area contributed by atoms with E-state index in [1.54, 1.807) is 6.07 Å². The average Bonchev–Trinajstić information content (AvgIpc) is 2.63. The lowest BCUT2D eigenvalue weighted by atomic mass is 10.0. The number of hydrogen-bond acceptors (Lipinski definition) is 3. The first kappa shape index (κ1) is 14.0. The van der Waals surface area contributed by atoms with Crippen LogP contribution in [-0.2, 0) is 0 Å². The van der Waals surface area contributed by atoms with Gasteiger partial charge >= 0.3 is 0 Å². The van der Waals surface area contributed by atoms with Gasteiger partial charge in [0.15, 0.2) is 0 Å². The van der Waals surface area contributed by atoms with E-state index in [0.717, 1.165) is 18.8 Å². The summed E-state index contributed by atoms with van der Waals surface area (Å²) >= 11 is 1.39. The Kier molecular flexibility index (Phi) is 5.48. The second-order valence-corrected chi connectivity index (χ2v) is 5.82. The smallest absolute Gasteiger partial charge is 0.263 e. The van der Waals surface area contributed by atoms with Crippen LogP contribution >= 0.6 is 11.3 Å². The summed E-state index contributed by atoms with van der Waals surface area (Å²) in [7, 11) is 0. The molecule has 0 saturated carbocycles. The molecule has 96 valence electrons. The average molecular weight is 254 g/mol. The Morgan fingerprint density at radius 1 is 1.41 bits per heavy atom. The van der Waals surface area contributed by atoms with E-state index in [2.05, 4.69) is 19.2 Å². The summed E-state index contributed by atoms with van der Waals surface area (Å²) < 4.78 is 0. The van der Waals surface area contributed by atoms with E-state index < -0.39 is 0 Å². The monoisotopic (exact) mass is 254 g/mol. The molecule has 1 unspecified atom stereocenters. The molecule has 0 fully saturated rings. The van der Waals surface area contributed by atoms with Crippen molar-refractivity contribution in [2.75, 3.05) is 5.73 Å². The number of nitrogens with two attached hydrogens (primary N) is 1. The molecule has 0 aliphatic rings. The van der Waals surface area contributed by atoms with Crippen molar-refractivity contribution in [3.8, 4) is 0 Å². The molecule has 1 rings (SSSR count). The molecule has 3 N–H and O–H groups in total. The summed E-state index contributed by atoms with van der Waals surface area (Å²) in [6.07, 6.45) is 3.38. The van der Waals surface area contributed by atoms with E-state index in [0.29, 0.717) is 10.6 Å². The highest BCUT2D eigenvalue weighted by Crippen LogP contribution is 2.18. The van der Waals surface area contributed by atoms with Gasteiger partial charge in [-0.05, 0) is 30.7 Å². The zero-order chi connectivity index (χ0) is 12.8. The first-order chi connectivity index (χ1) is 8.00. The van der Waals surface area contributed by atoms with Crippen LogP contribution < -0.4 is 11.1 Å². The van der Waals surface area contributed by atoms with Crippen LogP contribution in [0.15, 0.2) is 11.4 Å². The molecule has 0 bridgehead atoms. The molecule has 0 aliphatic carbocycles. The van der Waals surface area contributed by atoms with Crippen LogP contribution in [0.25, 0.3) is 0 Å². The Balaban J connectivity index is 2.34. The van der Waals surface area contributed by atoms with Crippen molar-refractivity contribution in [3.63, 3.8) is 0 Å². The Labute approximate surface area is 107 Å². The molecule has 1 aromatic rings. The van der Waals surface area contributed by atoms with E-state index in [4.69, 9.17) is 5.73 Å². The number of rotatable bonds is 6. The number of nitrogens with one attached hydrogen (secondary N) is 1. The predicted molar refractivity (Wildman–Crippen MR) is 74.3 cm³/mol.